The van der Waals surface area contributed by atoms with Crippen molar-refractivity contribution < 1.29 is 4.39 Å². The Hall–Kier alpha value is -1.99. The highest BCUT2D eigenvalue weighted by molar-refractivity contribution is 7.11. The number of likely N-dealkylation sites (N-methyl/N-ethyl adjacent to an activating group) is 1. The van der Waals surface area contributed by atoms with E-state index in [1.54, 1.807) is 23.5 Å². The lowest BCUT2D eigenvalue weighted by atomic mass is 10.1. The fourth-order valence-electron chi connectivity index (χ4n) is 2.61. The van der Waals surface area contributed by atoms with Crippen molar-refractivity contribution in [3.63, 3.8) is 0 Å². The van der Waals surface area contributed by atoms with Gasteiger partial charge in [0.05, 0.1) is 17.6 Å². The first-order valence-electron chi connectivity index (χ1n) is 8.85. The summed E-state index contributed by atoms with van der Waals surface area (Å²) in [4.78, 5) is 12.4. The zero-order valence-corrected chi connectivity index (χ0v) is 16.7. The van der Waals surface area contributed by atoms with Gasteiger partial charge in [0.25, 0.3) is 0 Å². The highest BCUT2D eigenvalue weighted by Gasteiger charge is 2.14. The van der Waals surface area contributed by atoms with Crippen LogP contribution >= 0.6 is 11.3 Å². The Morgan fingerprint density at radius 3 is 2.77 bits per heavy atom. The summed E-state index contributed by atoms with van der Waals surface area (Å²) in [6, 6.07) is 6.73. The van der Waals surface area contributed by atoms with Crippen LogP contribution in [-0.2, 0) is 6.42 Å². The number of aromatic nitrogens is 1. The molecule has 26 heavy (non-hydrogen) atoms. The van der Waals surface area contributed by atoms with Crippen LogP contribution in [0.4, 0.5) is 4.39 Å². The van der Waals surface area contributed by atoms with Gasteiger partial charge in [0.15, 0.2) is 5.96 Å². The van der Waals surface area contributed by atoms with Gasteiger partial charge in [-0.05, 0) is 45.6 Å². The van der Waals surface area contributed by atoms with Crippen LogP contribution in [0.3, 0.4) is 0 Å². The lowest BCUT2D eigenvalue weighted by Crippen LogP contribution is -2.39. The van der Waals surface area contributed by atoms with E-state index in [0.717, 1.165) is 36.0 Å². The van der Waals surface area contributed by atoms with Crippen LogP contribution in [0.15, 0.2) is 35.5 Å². The molecule has 0 saturated carbocycles. The summed E-state index contributed by atoms with van der Waals surface area (Å²) in [6.07, 6.45) is 2.77. The zero-order chi connectivity index (χ0) is 18.9. The quantitative estimate of drug-likeness (QED) is 0.549. The molecular formula is C19H28FN5S. The van der Waals surface area contributed by atoms with Crippen LogP contribution < -0.4 is 10.6 Å². The number of nitrogens with one attached hydrogen (secondary N) is 2. The number of hydrogen-bond donors (Lipinski definition) is 2. The lowest BCUT2D eigenvalue weighted by molar-refractivity contribution is 0.305. The molecule has 7 heteroatoms. The normalized spacial score (nSPS) is 13.1. The van der Waals surface area contributed by atoms with E-state index in [-0.39, 0.29) is 11.9 Å². The van der Waals surface area contributed by atoms with Crippen molar-refractivity contribution in [1.82, 2.24) is 20.5 Å². The summed E-state index contributed by atoms with van der Waals surface area (Å²) in [5, 5.41) is 7.73. The van der Waals surface area contributed by atoms with E-state index in [2.05, 4.69) is 27.4 Å². The highest BCUT2D eigenvalue weighted by atomic mass is 32.1. The van der Waals surface area contributed by atoms with Crippen LogP contribution in [-0.4, -0.2) is 49.6 Å². The summed E-state index contributed by atoms with van der Waals surface area (Å²) in [5.74, 6) is 0.547. The molecule has 0 aliphatic rings. The molecule has 1 atom stereocenters. The molecule has 0 fully saturated rings. The van der Waals surface area contributed by atoms with E-state index < -0.39 is 0 Å². The molecule has 0 bridgehead atoms. The van der Waals surface area contributed by atoms with Crippen LogP contribution in [0.25, 0.3) is 0 Å². The van der Waals surface area contributed by atoms with E-state index in [0.29, 0.717) is 6.54 Å². The monoisotopic (exact) mass is 377 g/mol. The fraction of sp³-hybridized carbons (Fsp3) is 0.474. The van der Waals surface area contributed by atoms with Crippen molar-refractivity contribution in [2.75, 3.05) is 33.7 Å². The average Bonchev–Trinajstić information content (AvgIpc) is 3.00. The van der Waals surface area contributed by atoms with E-state index in [1.807, 2.05) is 33.3 Å². The van der Waals surface area contributed by atoms with Crippen LogP contribution in [0.2, 0.25) is 0 Å². The van der Waals surface area contributed by atoms with E-state index in [1.165, 1.54) is 10.9 Å². The van der Waals surface area contributed by atoms with E-state index >= 15 is 0 Å². The maximum Gasteiger partial charge on any atom is 0.191 e. The second-order valence-corrected chi connectivity index (χ2v) is 7.61. The molecule has 2 rings (SSSR count). The molecule has 0 spiro atoms. The van der Waals surface area contributed by atoms with Crippen molar-refractivity contribution in [3.05, 3.63) is 51.7 Å². The van der Waals surface area contributed by atoms with Gasteiger partial charge in [-0.15, -0.1) is 11.3 Å². The molecule has 0 saturated heterocycles. The number of aryl methyl sites for hydroxylation is 1. The number of halogens is 1. The van der Waals surface area contributed by atoms with Gasteiger partial charge < -0.3 is 15.5 Å². The Labute approximate surface area is 159 Å². The minimum Gasteiger partial charge on any atom is -0.357 e. The molecule has 2 N–H and O–H groups in total. The number of benzene rings is 1. The van der Waals surface area contributed by atoms with Gasteiger partial charge in [0.2, 0.25) is 0 Å². The Balaban J connectivity index is 1.98. The number of thiazole rings is 1. The number of aliphatic imine (C=N–C) groups is 1. The molecule has 5 nitrogen and oxygen atoms in total. The number of nitrogens with zero attached hydrogens (tertiary/aromatic N) is 3. The Kier molecular flexibility index (Phi) is 8.00. The standard InChI is InChI=1S/C19H28FN5S/c1-5-21-19(22-10-9-18-23-12-14(2)26-18)24-13-17(25(3)4)15-7-6-8-16(20)11-15/h6-8,11-12,17H,5,9-10,13H2,1-4H3,(H2,21,22,24). The molecule has 1 aromatic carbocycles. The van der Waals surface area contributed by atoms with Crippen molar-refractivity contribution in [2.45, 2.75) is 26.3 Å². The first-order chi connectivity index (χ1) is 12.5. The van der Waals surface area contributed by atoms with Crippen molar-refractivity contribution in [3.8, 4) is 0 Å². The minimum atomic E-state index is -0.220. The predicted molar refractivity (Wildman–Crippen MR) is 107 cm³/mol. The van der Waals surface area contributed by atoms with Gasteiger partial charge in [-0.2, -0.15) is 0 Å². The summed E-state index contributed by atoms with van der Waals surface area (Å²) in [7, 11) is 3.96. The highest BCUT2D eigenvalue weighted by Crippen LogP contribution is 2.19. The molecule has 1 aromatic heterocycles. The third-order valence-corrected chi connectivity index (χ3v) is 4.90. The Bertz CT molecular complexity index is 713. The first-order valence-corrected chi connectivity index (χ1v) is 9.66. The number of hydrogen-bond acceptors (Lipinski definition) is 4. The van der Waals surface area contributed by atoms with E-state index in [4.69, 9.17) is 4.99 Å². The third-order valence-electron chi connectivity index (χ3n) is 3.92. The third kappa shape index (κ3) is 6.38. The SMILES string of the molecule is CCNC(=NCC(c1cccc(F)c1)N(C)C)NCCc1ncc(C)s1. The van der Waals surface area contributed by atoms with Crippen LogP contribution in [0.1, 0.15) is 28.4 Å². The molecule has 142 valence electrons. The molecule has 1 unspecified atom stereocenters. The summed E-state index contributed by atoms with van der Waals surface area (Å²) in [5.41, 5.74) is 0.924. The van der Waals surface area contributed by atoms with Crippen molar-refractivity contribution in [2.24, 2.45) is 4.99 Å². The zero-order valence-electron chi connectivity index (χ0n) is 15.9. The number of rotatable bonds is 8. The Morgan fingerprint density at radius 1 is 1.35 bits per heavy atom. The van der Waals surface area contributed by atoms with Crippen molar-refractivity contribution in [1.29, 1.82) is 0 Å². The maximum atomic E-state index is 13.6. The van der Waals surface area contributed by atoms with Gasteiger partial charge in [-0.1, -0.05) is 12.1 Å². The second-order valence-electron chi connectivity index (χ2n) is 6.30. The predicted octanol–water partition coefficient (Wildman–Crippen LogP) is 2.99. The van der Waals surface area contributed by atoms with Gasteiger partial charge in [0.1, 0.15) is 5.82 Å². The van der Waals surface area contributed by atoms with Gasteiger partial charge in [-0.25, -0.2) is 9.37 Å². The number of guanidine groups is 1. The summed E-state index contributed by atoms with van der Waals surface area (Å²) in [6.45, 7) is 6.20. The molecule has 0 radical (unpaired) electrons. The van der Waals surface area contributed by atoms with E-state index in [9.17, 15) is 4.39 Å². The maximum absolute atomic E-state index is 13.6. The Morgan fingerprint density at radius 2 is 2.15 bits per heavy atom. The average molecular weight is 378 g/mol. The lowest BCUT2D eigenvalue weighted by Gasteiger charge is -2.23. The summed E-state index contributed by atoms with van der Waals surface area (Å²) >= 11 is 1.72. The molecule has 0 aliphatic heterocycles. The molecule has 0 amide bonds. The molecule has 1 heterocycles. The van der Waals surface area contributed by atoms with Gasteiger partial charge in [0, 0.05) is 30.6 Å². The molecule has 0 aliphatic carbocycles. The van der Waals surface area contributed by atoms with Crippen LogP contribution in [0, 0.1) is 12.7 Å². The van der Waals surface area contributed by atoms with Crippen molar-refractivity contribution >= 4 is 17.3 Å². The molecule has 2 aromatic rings. The van der Waals surface area contributed by atoms with Gasteiger partial charge in [-0.3, -0.25) is 4.99 Å². The minimum absolute atomic E-state index is 0.0165. The fourth-order valence-corrected chi connectivity index (χ4v) is 3.39. The van der Waals surface area contributed by atoms with Crippen LogP contribution in [0.5, 0.6) is 0 Å². The first kappa shape index (κ1) is 20.3. The second kappa shape index (κ2) is 10.2. The molecular weight excluding hydrogens is 349 g/mol. The van der Waals surface area contributed by atoms with Gasteiger partial charge >= 0.3 is 0 Å². The topological polar surface area (TPSA) is 52.6 Å². The largest absolute Gasteiger partial charge is 0.357 e. The smallest absolute Gasteiger partial charge is 0.191 e. The summed E-state index contributed by atoms with van der Waals surface area (Å²) < 4.78 is 13.6.